The number of amidine groups is 1. The van der Waals surface area contributed by atoms with Crippen LogP contribution in [0.4, 0.5) is 26.3 Å². The van der Waals surface area contributed by atoms with Crippen LogP contribution >= 0.6 is 0 Å². The van der Waals surface area contributed by atoms with Crippen LogP contribution in [0.15, 0.2) is 64.5 Å². The van der Waals surface area contributed by atoms with Gasteiger partial charge in [0.15, 0.2) is 6.04 Å². The lowest BCUT2D eigenvalue weighted by Gasteiger charge is -2.73. The van der Waals surface area contributed by atoms with E-state index < -0.39 is 69.3 Å². The number of carbonyl (C=O) groups excluding carboxylic acids is 1. The van der Waals surface area contributed by atoms with Crippen LogP contribution in [0, 0.1) is 5.41 Å². The Morgan fingerprint density at radius 3 is 2.14 bits per heavy atom. The van der Waals surface area contributed by atoms with E-state index in [4.69, 9.17) is 0 Å². The molecule has 2 aromatic rings. The van der Waals surface area contributed by atoms with Gasteiger partial charge < -0.3 is 10.6 Å². The maximum Gasteiger partial charge on any atom is 0.416 e. The number of nitrogens with one attached hydrogen (secondary N) is 2. The van der Waals surface area contributed by atoms with Gasteiger partial charge in [0, 0.05) is 24.0 Å². The van der Waals surface area contributed by atoms with Gasteiger partial charge in [0.2, 0.25) is 15.9 Å². The third-order valence-electron chi connectivity index (χ3n) is 8.31. The number of hydrogen-bond acceptors (Lipinski definition) is 5. The van der Waals surface area contributed by atoms with E-state index in [1.54, 1.807) is 32.0 Å². The van der Waals surface area contributed by atoms with Gasteiger partial charge in [-0.25, -0.2) is 8.42 Å². The van der Waals surface area contributed by atoms with Crippen molar-refractivity contribution in [2.24, 2.45) is 10.4 Å². The van der Waals surface area contributed by atoms with Gasteiger partial charge in [-0.2, -0.15) is 30.6 Å². The number of rotatable bonds is 9. The Labute approximate surface area is 239 Å². The fraction of sp³-hybridized carbons (Fsp3) is 0.500. The van der Waals surface area contributed by atoms with E-state index in [0.717, 1.165) is 12.1 Å². The summed E-state index contributed by atoms with van der Waals surface area (Å²) in [6, 6.07) is 11.2. The fourth-order valence-electron chi connectivity index (χ4n) is 6.22. The van der Waals surface area contributed by atoms with Crippen molar-refractivity contribution in [3.8, 4) is 0 Å². The molecule has 2 N–H and O–H groups in total. The molecule has 1 unspecified atom stereocenters. The SMILES string of the molecule is CC1(C)NC(C23CC(N(Cc4ccc(C(F)(F)F)cc4)S(=O)(=O)c4ccccc4)(C2)C3)=NC1C(=O)NCCC(F)(F)F. The van der Waals surface area contributed by atoms with E-state index >= 15 is 0 Å². The predicted octanol–water partition coefficient (Wildman–Crippen LogP) is 5.04. The first-order chi connectivity index (χ1) is 19.4. The topological polar surface area (TPSA) is 90.9 Å². The first kappa shape index (κ1) is 30.3. The van der Waals surface area contributed by atoms with Gasteiger partial charge in [0.05, 0.1) is 22.4 Å². The second kappa shape index (κ2) is 9.97. The minimum atomic E-state index is -4.52. The fourth-order valence-corrected chi connectivity index (χ4v) is 8.00. The van der Waals surface area contributed by atoms with Gasteiger partial charge in [0.1, 0.15) is 5.84 Å². The summed E-state index contributed by atoms with van der Waals surface area (Å²) in [5, 5.41) is 5.54. The Balaban J connectivity index is 1.36. The van der Waals surface area contributed by atoms with Crippen LogP contribution in [0.3, 0.4) is 0 Å². The van der Waals surface area contributed by atoms with Gasteiger partial charge in [-0.1, -0.05) is 30.3 Å². The monoisotopic (exact) mass is 616 g/mol. The molecular formula is C28H30F6N4O3S. The number of benzene rings is 2. The Kier molecular flexibility index (Phi) is 7.20. The molecule has 3 fully saturated rings. The van der Waals surface area contributed by atoms with E-state index in [1.807, 2.05) is 0 Å². The molecule has 3 aliphatic carbocycles. The van der Waals surface area contributed by atoms with Crippen molar-refractivity contribution in [1.29, 1.82) is 0 Å². The summed E-state index contributed by atoms with van der Waals surface area (Å²) in [5.74, 6) is -0.124. The van der Waals surface area contributed by atoms with Crippen molar-refractivity contribution in [3.63, 3.8) is 0 Å². The van der Waals surface area contributed by atoms with Gasteiger partial charge in [-0.15, -0.1) is 0 Å². The second-order valence-corrected chi connectivity index (χ2v) is 13.8. The molecule has 14 heteroatoms. The van der Waals surface area contributed by atoms with Crippen molar-refractivity contribution in [2.75, 3.05) is 6.54 Å². The molecule has 0 aromatic heterocycles. The van der Waals surface area contributed by atoms with E-state index in [-0.39, 0.29) is 11.4 Å². The Bertz CT molecular complexity index is 1470. The lowest BCUT2D eigenvalue weighted by Crippen LogP contribution is -2.78. The maximum atomic E-state index is 13.8. The lowest BCUT2D eigenvalue weighted by atomic mass is 9.38. The normalized spacial score (nSPS) is 26.6. The number of amides is 1. The molecule has 228 valence electrons. The third-order valence-corrected chi connectivity index (χ3v) is 10.3. The van der Waals surface area contributed by atoms with Crippen molar-refractivity contribution in [2.45, 2.75) is 80.4 Å². The number of aliphatic imine (C=N–C) groups is 1. The summed E-state index contributed by atoms with van der Waals surface area (Å²) in [5.41, 5.74) is -2.66. The summed E-state index contributed by atoms with van der Waals surface area (Å²) in [7, 11) is -4.04. The zero-order valence-electron chi connectivity index (χ0n) is 22.8. The van der Waals surface area contributed by atoms with Crippen LogP contribution in [0.1, 0.15) is 50.7 Å². The molecule has 0 spiro atoms. The summed E-state index contributed by atoms with van der Waals surface area (Å²) in [6.45, 7) is 2.73. The van der Waals surface area contributed by atoms with Crippen LogP contribution in [0.2, 0.25) is 0 Å². The summed E-state index contributed by atoms with van der Waals surface area (Å²) in [6.07, 6.45) is -8.97. The number of carbonyl (C=O) groups is 1. The molecule has 3 saturated carbocycles. The molecule has 42 heavy (non-hydrogen) atoms. The Morgan fingerprint density at radius 2 is 1.60 bits per heavy atom. The highest BCUT2D eigenvalue weighted by Gasteiger charge is 2.75. The molecule has 0 saturated heterocycles. The number of nitrogens with zero attached hydrogens (tertiary/aromatic N) is 2. The van der Waals surface area contributed by atoms with E-state index in [2.05, 4.69) is 15.6 Å². The molecule has 0 radical (unpaired) electrons. The minimum absolute atomic E-state index is 0.0590. The lowest BCUT2D eigenvalue weighted by molar-refractivity contribution is -0.151. The largest absolute Gasteiger partial charge is 0.416 e. The van der Waals surface area contributed by atoms with Gasteiger partial charge in [0.25, 0.3) is 0 Å². The summed E-state index contributed by atoms with van der Waals surface area (Å²) >= 11 is 0. The predicted molar refractivity (Wildman–Crippen MR) is 142 cm³/mol. The van der Waals surface area contributed by atoms with Crippen LogP contribution in [-0.4, -0.2) is 54.3 Å². The van der Waals surface area contributed by atoms with Crippen LogP contribution in [0.5, 0.6) is 0 Å². The van der Waals surface area contributed by atoms with E-state index in [1.165, 1.54) is 28.6 Å². The minimum Gasteiger partial charge on any atom is -0.366 e. The maximum absolute atomic E-state index is 13.8. The summed E-state index contributed by atoms with van der Waals surface area (Å²) in [4.78, 5) is 17.3. The number of halogens is 6. The standard InChI is InChI=1S/C28H30F6N4O3S/c1-24(2)21(22(39)35-13-12-27(29,30)31)36-23(37-24)25-15-26(16-25,17-25)38(42(40,41)20-6-4-3-5-7-20)14-18-8-10-19(11-9-18)28(32,33)34/h3-11,21H,12-17H2,1-2H3,(H,35,39)(H,36,37). The second-order valence-electron chi connectivity index (χ2n) is 11.9. The molecule has 7 nitrogen and oxygen atoms in total. The first-order valence-electron chi connectivity index (χ1n) is 13.3. The Hall–Kier alpha value is -3.13. The van der Waals surface area contributed by atoms with E-state index in [0.29, 0.717) is 30.7 Å². The summed E-state index contributed by atoms with van der Waals surface area (Å²) < 4.78 is 106. The third kappa shape index (κ3) is 5.50. The van der Waals surface area contributed by atoms with Crippen LogP contribution in [-0.2, 0) is 27.5 Å². The molecule has 2 bridgehead atoms. The molecule has 1 heterocycles. The zero-order chi connectivity index (χ0) is 30.8. The van der Waals surface area contributed by atoms with Crippen LogP contribution < -0.4 is 10.6 Å². The van der Waals surface area contributed by atoms with Crippen molar-refractivity contribution in [3.05, 3.63) is 65.7 Å². The molecule has 1 aliphatic heterocycles. The molecule has 4 aliphatic rings. The quantitative estimate of drug-likeness (QED) is 0.387. The van der Waals surface area contributed by atoms with Crippen molar-refractivity contribution in [1.82, 2.24) is 14.9 Å². The average molecular weight is 617 g/mol. The number of hydrogen-bond donors (Lipinski definition) is 2. The molecule has 1 amide bonds. The molecule has 2 aromatic carbocycles. The van der Waals surface area contributed by atoms with Gasteiger partial charge in [-0.3, -0.25) is 9.79 Å². The highest BCUT2D eigenvalue weighted by molar-refractivity contribution is 7.89. The number of alkyl halides is 6. The Morgan fingerprint density at radius 1 is 1.00 bits per heavy atom. The first-order valence-corrected chi connectivity index (χ1v) is 14.8. The smallest absolute Gasteiger partial charge is 0.366 e. The molecule has 6 rings (SSSR count). The van der Waals surface area contributed by atoms with Crippen LogP contribution in [0.25, 0.3) is 0 Å². The number of sulfonamides is 1. The van der Waals surface area contributed by atoms with Crippen molar-refractivity contribution >= 4 is 21.8 Å². The average Bonchev–Trinajstić information content (AvgIpc) is 3.16. The van der Waals surface area contributed by atoms with Gasteiger partial charge in [-0.05, 0) is 62.9 Å². The van der Waals surface area contributed by atoms with Gasteiger partial charge >= 0.3 is 12.4 Å². The van der Waals surface area contributed by atoms with E-state index in [9.17, 15) is 39.6 Å². The molecule has 1 atom stereocenters. The molecular weight excluding hydrogens is 586 g/mol. The highest BCUT2D eigenvalue weighted by atomic mass is 32.2. The van der Waals surface area contributed by atoms with Crippen molar-refractivity contribution < 1.29 is 39.6 Å². The zero-order valence-corrected chi connectivity index (χ0v) is 23.6. The highest BCUT2D eigenvalue weighted by Crippen LogP contribution is 2.71.